The maximum Gasteiger partial charge on any atom is 0.234 e. The molecule has 1 aliphatic rings. The van der Waals surface area contributed by atoms with E-state index in [-0.39, 0.29) is 0 Å². The molecule has 0 amide bonds. The highest BCUT2D eigenvalue weighted by molar-refractivity contribution is 6.11. The van der Waals surface area contributed by atoms with Gasteiger partial charge in [-0.25, -0.2) is 9.98 Å². The summed E-state index contributed by atoms with van der Waals surface area (Å²) in [7, 11) is 6.06. The number of rotatable bonds is 6. The molecule has 2 radical (unpaired) electrons. The molecular weight excluding hydrogens is 357 g/mol. The molecule has 29 heavy (non-hydrogen) atoms. The highest BCUT2D eigenvalue weighted by Crippen LogP contribution is 2.31. The van der Waals surface area contributed by atoms with Crippen molar-refractivity contribution >= 4 is 25.3 Å². The molecule has 3 aromatic rings. The standard InChI is InChI=1S/C23H22BN5/c1-17-15-19(27-23(17)21(10-11-25)22-3-2-13-29(22)24)7-4-18-5-8-20(9-6-18)28-14-12-26-16-28/h2-9,12-16H,10-11,25H2,1H3/b7-4+,23-21-. The number of imidazole rings is 1. The molecular formula is C23H22BN5. The Morgan fingerprint density at radius 2 is 1.97 bits per heavy atom. The molecule has 0 bridgehead atoms. The second kappa shape index (κ2) is 8.33. The molecule has 2 N–H and O–H groups in total. The van der Waals surface area contributed by atoms with Gasteiger partial charge in [0, 0.05) is 29.3 Å². The van der Waals surface area contributed by atoms with E-state index in [0.29, 0.717) is 6.54 Å². The number of aliphatic imine (C=N–C) groups is 1. The van der Waals surface area contributed by atoms with Crippen molar-refractivity contribution in [2.45, 2.75) is 13.3 Å². The van der Waals surface area contributed by atoms with Crippen LogP contribution in [0.5, 0.6) is 0 Å². The summed E-state index contributed by atoms with van der Waals surface area (Å²) in [6.45, 7) is 2.61. The van der Waals surface area contributed by atoms with Crippen LogP contribution < -0.4 is 5.73 Å². The first-order valence-corrected chi connectivity index (χ1v) is 9.55. The Kier molecular flexibility index (Phi) is 5.45. The smallest absolute Gasteiger partial charge is 0.234 e. The van der Waals surface area contributed by atoms with E-state index in [4.69, 9.17) is 18.7 Å². The van der Waals surface area contributed by atoms with Crippen molar-refractivity contribution in [3.05, 3.63) is 96.0 Å². The molecule has 2 aromatic heterocycles. The van der Waals surface area contributed by atoms with E-state index < -0.39 is 0 Å². The van der Waals surface area contributed by atoms with Gasteiger partial charge in [0.25, 0.3) is 0 Å². The lowest BCUT2D eigenvalue weighted by molar-refractivity contribution is 0.997. The molecule has 1 aromatic carbocycles. The predicted octanol–water partition coefficient (Wildman–Crippen LogP) is 3.78. The van der Waals surface area contributed by atoms with Gasteiger partial charge in [0.2, 0.25) is 7.98 Å². The number of hydrogen-bond acceptors (Lipinski definition) is 3. The van der Waals surface area contributed by atoms with Gasteiger partial charge >= 0.3 is 0 Å². The first-order valence-electron chi connectivity index (χ1n) is 9.55. The summed E-state index contributed by atoms with van der Waals surface area (Å²) in [5.74, 6) is 0. The second-order valence-electron chi connectivity index (χ2n) is 6.93. The number of nitrogens with zero attached hydrogens (tertiary/aromatic N) is 4. The molecule has 3 heterocycles. The van der Waals surface area contributed by atoms with Gasteiger partial charge in [-0.1, -0.05) is 18.2 Å². The maximum atomic E-state index is 6.06. The lowest BCUT2D eigenvalue weighted by Gasteiger charge is -2.11. The van der Waals surface area contributed by atoms with Crippen LogP contribution in [0.4, 0.5) is 0 Å². The lowest BCUT2D eigenvalue weighted by atomic mass is 10.0. The Labute approximate surface area is 172 Å². The molecule has 142 valence electrons. The van der Waals surface area contributed by atoms with Crippen LogP contribution in [0.25, 0.3) is 17.3 Å². The van der Waals surface area contributed by atoms with Gasteiger partial charge in [-0.15, -0.1) is 0 Å². The van der Waals surface area contributed by atoms with Crippen molar-refractivity contribution in [2.24, 2.45) is 10.7 Å². The van der Waals surface area contributed by atoms with E-state index in [1.165, 1.54) is 0 Å². The maximum absolute atomic E-state index is 6.06. The van der Waals surface area contributed by atoms with Gasteiger partial charge in [0.05, 0.1) is 17.7 Å². The third kappa shape index (κ3) is 4.07. The van der Waals surface area contributed by atoms with Crippen molar-refractivity contribution in [3.63, 3.8) is 0 Å². The Morgan fingerprint density at radius 1 is 1.14 bits per heavy atom. The molecule has 0 atom stereocenters. The zero-order valence-corrected chi connectivity index (χ0v) is 16.4. The Bertz CT molecular complexity index is 1110. The quantitative estimate of drug-likeness (QED) is 0.663. The van der Waals surface area contributed by atoms with E-state index in [0.717, 1.165) is 45.9 Å². The zero-order valence-electron chi connectivity index (χ0n) is 16.4. The molecule has 1 aliphatic heterocycles. The first-order chi connectivity index (χ1) is 14.2. The van der Waals surface area contributed by atoms with Crippen molar-refractivity contribution in [1.29, 1.82) is 0 Å². The molecule has 4 rings (SSSR count). The minimum absolute atomic E-state index is 0.543. The molecule has 5 nitrogen and oxygen atoms in total. The van der Waals surface area contributed by atoms with Gasteiger partial charge in [0.1, 0.15) is 0 Å². The fraction of sp³-hybridized carbons (Fsp3) is 0.130. The van der Waals surface area contributed by atoms with Crippen LogP contribution in [0.15, 0.2) is 89.7 Å². The van der Waals surface area contributed by atoms with Crippen LogP contribution in [-0.4, -0.2) is 34.3 Å². The van der Waals surface area contributed by atoms with Crippen molar-refractivity contribution in [3.8, 4) is 5.69 Å². The van der Waals surface area contributed by atoms with Gasteiger partial charge in [-0.2, -0.15) is 0 Å². The summed E-state index contributed by atoms with van der Waals surface area (Å²) in [5, 5.41) is 0. The number of aromatic nitrogens is 3. The SMILES string of the molecule is [B]n1cccc1/C(CCN)=C1N=C(/C=C/c2ccc(-n3ccnc3)cc2)C=C\1C. The van der Waals surface area contributed by atoms with Crippen LogP contribution in [0.2, 0.25) is 0 Å². The van der Waals surface area contributed by atoms with Crippen LogP contribution >= 0.6 is 0 Å². The third-order valence-electron chi connectivity index (χ3n) is 4.89. The van der Waals surface area contributed by atoms with E-state index in [2.05, 4.69) is 48.3 Å². The number of hydrogen-bond donors (Lipinski definition) is 1. The first kappa shape index (κ1) is 19.0. The average Bonchev–Trinajstić information content (AvgIpc) is 3.47. The van der Waals surface area contributed by atoms with Crippen LogP contribution in [0, 0.1) is 0 Å². The highest BCUT2D eigenvalue weighted by atomic mass is 15.0. The number of allylic oxidation sites excluding steroid dienone is 3. The fourth-order valence-corrected chi connectivity index (χ4v) is 3.44. The van der Waals surface area contributed by atoms with E-state index in [1.54, 1.807) is 17.0 Å². The Balaban J connectivity index is 1.59. The minimum atomic E-state index is 0.543. The molecule has 0 saturated carbocycles. The predicted molar refractivity (Wildman–Crippen MR) is 120 cm³/mol. The van der Waals surface area contributed by atoms with Crippen LogP contribution in [0.1, 0.15) is 24.6 Å². The van der Waals surface area contributed by atoms with Gasteiger partial charge in [-0.05, 0) is 73.6 Å². The van der Waals surface area contributed by atoms with E-state index >= 15 is 0 Å². The lowest BCUT2D eigenvalue weighted by Crippen LogP contribution is -2.05. The summed E-state index contributed by atoms with van der Waals surface area (Å²) in [4.78, 5) is 8.92. The van der Waals surface area contributed by atoms with Crippen molar-refractivity contribution in [2.75, 3.05) is 6.54 Å². The molecule has 6 heteroatoms. The number of nitrogens with two attached hydrogens (primary N) is 1. The van der Waals surface area contributed by atoms with Crippen LogP contribution in [-0.2, 0) is 0 Å². The van der Waals surface area contributed by atoms with Crippen LogP contribution in [0.3, 0.4) is 0 Å². The number of benzene rings is 1. The normalized spacial score (nSPS) is 15.7. The molecule has 0 saturated heterocycles. The van der Waals surface area contributed by atoms with Crippen molar-refractivity contribution in [1.82, 2.24) is 14.0 Å². The fourth-order valence-electron chi connectivity index (χ4n) is 3.44. The summed E-state index contributed by atoms with van der Waals surface area (Å²) in [6, 6.07) is 12.2. The highest BCUT2D eigenvalue weighted by Gasteiger charge is 2.16. The van der Waals surface area contributed by atoms with Gasteiger partial charge < -0.3 is 14.8 Å². The second-order valence-corrected chi connectivity index (χ2v) is 6.93. The molecule has 0 spiro atoms. The molecule has 0 fully saturated rings. The Hall–Kier alpha value is -3.38. The zero-order chi connectivity index (χ0) is 20.2. The summed E-state index contributed by atoms with van der Waals surface area (Å²) in [6.07, 6.45) is 14.2. The van der Waals surface area contributed by atoms with Crippen molar-refractivity contribution < 1.29 is 0 Å². The van der Waals surface area contributed by atoms with Gasteiger partial charge in [-0.3, -0.25) is 0 Å². The topological polar surface area (TPSA) is 61.1 Å². The molecule has 0 aliphatic carbocycles. The third-order valence-corrected chi connectivity index (χ3v) is 4.89. The van der Waals surface area contributed by atoms with E-state index in [9.17, 15) is 0 Å². The summed E-state index contributed by atoms with van der Waals surface area (Å²) >= 11 is 0. The average molecular weight is 379 g/mol. The summed E-state index contributed by atoms with van der Waals surface area (Å²) in [5.41, 5.74) is 13.0. The van der Waals surface area contributed by atoms with E-state index in [1.807, 2.05) is 35.2 Å². The summed E-state index contributed by atoms with van der Waals surface area (Å²) < 4.78 is 3.60. The monoisotopic (exact) mass is 379 g/mol. The largest absolute Gasteiger partial charge is 0.403 e. The van der Waals surface area contributed by atoms with Gasteiger partial charge in [0.15, 0.2) is 0 Å². The molecule has 0 unspecified atom stereocenters. The minimum Gasteiger partial charge on any atom is -0.403 e. The Morgan fingerprint density at radius 3 is 2.62 bits per heavy atom.